The molecule has 0 amide bonds. The number of hydrogen-bond acceptors (Lipinski definition) is 1. The maximum absolute atomic E-state index is 14.0. The van der Waals surface area contributed by atoms with Crippen LogP contribution in [-0.2, 0) is 4.79 Å². The molecule has 4 rings (SSSR count). The van der Waals surface area contributed by atoms with Crippen molar-refractivity contribution in [3.63, 3.8) is 0 Å². The van der Waals surface area contributed by atoms with Crippen molar-refractivity contribution < 1.29 is 4.79 Å². The van der Waals surface area contributed by atoms with Crippen LogP contribution < -0.4 is 15.9 Å². The van der Waals surface area contributed by atoms with Gasteiger partial charge in [-0.3, -0.25) is 4.79 Å². The Labute approximate surface area is 193 Å². The Hall–Kier alpha value is -2.37. The molecule has 0 atom stereocenters. The molecule has 1 saturated carbocycles. The van der Waals surface area contributed by atoms with Crippen molar-refractivity contribution in [3.8, 4) is 0 Å². The molecule has 166 valence electrons. The summed E-state index contributed by atoms with van der Waals surface area (Å²) in [5.74, 6) is 2.68. The smallest absolute Gasteiger partial charge is 0.159 e. The van der Waals surface area contributed by atoms with Crippen LogP contribution >= 0.6 is 6.89 Å². The first-order valence-electron chi connectivity index (χ1n) is 12.3. The second-order valence-electron chi connectivity index (χ2n) is 9.01. The third-order valence-electron chi connectivity index (χ3n) is 6.82. The molecule has 0 aromatic heterocycles. The summed E-state index contributed by atoms with van der Waals surface area (Å²) in [6.07, 6.45) is 11.0. The van der Waals surface area contributed by atoms with Gasteiger partial charge in [-0.1, -0.05) is 136 Å². The van der Waals surface area contributed by atoms with E-state index in [1.807, 2.05) is 0 Å². The molecule has 2 heteroatoms. The Morgan fingerprint density at radius 3 is 1.28 bits per heavy atom. The lowest BCUT2D eigenvalue weighted by molar-refractivity contribution is -0.116. The number of Topliss-reactive ketones (excluding diaryl/α,β-unsaturated/α-hetero) is 1. The molecule has 0 saturated heterocycles. The Bertz CT molecular complexity index is 911. The highest BCUT2D eigenvalue weighted by atomic mass is 31.2. The molecule has 1 nitrogen and oxygen atoms in total. The average molecular weight is 443 g/mol. The molecule has 3 aromatic carbocycles. The van der Waals surface area contributed by atoms with Gasteiger partial charge in [-0.25, -0.2) is 0 Å². The Morgan fingerprint density at radius 1 is 0.562 bits per heavy atom. The van der Waals surface area contributed by atoms with Crippen LogP contribution in [0.2, 0.25) is 0 Å². The monoisotopic (exact) mass is 442 g/mol. The van der Waals surface area contributed by atoms with Gasteiger partial charge in [-0.05, 0) is 41.4 Å². The van der Waals surface area contributed by atoms with Gasteiger partial charge in [-0.15, -0.1) is 0 Å². The van der Waals surface area contributed by atoms with Crippen LogP contribution in [0, 0.1) is 5.92 Å². The van der Waals surface area contributed by atoms with Crippen LogP contribution in [0.3, 0.4) is 0 Å². The lowest BCUT2D eigenvalue weighted by atomic mass is 9.90. The van der Waals surface area contributed by atoms with Crippen molar-refractivity contribution in [3.05, 3.63) is 91.0 Å². The van der Waals surface area contributed by atoms with Crippen molar-refractivity contribution in [2.45, 2.75) is 57.8 Å². The zero-order valence-corrected chi connectivity index (χ0v) is 19.9. The lowest BCUT2D eigenvalue weighted by Crippen LogP contribution is -2.30. The van der Waals surface area contributed by atoms with Gasteiger partial charge in [0.15, 0.2) is 5.78 Å². The summed E-state index contributed by atoms with van der Waals surface area (Å²) in [4.78, 5) is 14.0. The fourth-order valence-corrected chi connectivity index (χ4v) is 8.91. The SMILES string of the molecule is O=C(C=P(c1ccccc1)(c1ccccc1)c1ccccc1)C1CCCCCCCCC1. The third kappa shape index (κ3) is 5.33. The van der Waals surface area contributed by atoms with E-state index in [4.69, 9.17) is 0 Å². The van der Waals surface area contributed by atoms with Gasteiger partial charge in [-0.2, -0.15) is 0 Å². The molecule has 0 spiro atoms. The van der Waals surface area contributed by atoms with Gasteiger partial charge in [0.05, 0.1) is 0 Å². The molecule has 1 aliphatic rings. The van der Waals surface area contributed by atoms with Gasteiger partial charge >= 0.3 is 0 Å². The Morgan fingerprint density at radius 2 is 0.906 bits per heavy atom. The first-order valence-corrected chi connectivity index (χ1v) is 14.1. The molecule has 0 unspecified atom stereocenters. The van der Waals surface area contributed by atoms with E-state index >= 15 is 0 Å². The van der Waals surface area contributed by atoms with Crippen LogP contribution in [0.5, 0.6) is 0 Å². The molecule has 0 aliphatic heterocycles. The summed E-state index contributed by atoms with van der Waals surface area (Å²) >= 11 is 0. The molecule has 3 aromatic rings. The molecule has 0 heterocycles. The highest BCUT2D eigenvalue weighted by molar-refractivity contribution is 7.95. The van der Waals surface area contributed by atoms with E-state index in [0.29, 0.717) is 5.78 Å². The maximum atomic E-state index is 14.0. The van der Waals surface area contributed by atoms with Crippen molar-refractivity contribution in [1.29, 1.82) is 0 Å². The predicted octanol–water partition coefficient (Wildman–Crippen LogP) is 6.49. The second kappa shape index (κ2) is 11.5. The molecular formula is C30H35OP. The quantitative estimate of drug-likeness (QED) is 0.413. The van der Waals surface area contributed by atoms with Crippen molar-refractivity contribution in [2.75, 3.05) is 0 Å². The number of carbonyl (C=O) groups is 1. The molecule has 0 radical (unpaired) electrons. The standard InChI is InChI=1S/C30H35OP/c31-30(26-17-9-4-2-1-3-5-10-18-26)25-32(27-19-11-6-12-20-27,28-21-13-7-14-22-28)29-23-15-8-16-24-29/h6-8,11-16,19-26H,1-5,9-10,17-18H2. The Kier molecular flexibility index (Phi) is 8.18. The van der Waals surface area contributed by atoms with E-state index in [2.05, 4.69) is 96.8 Å². The molecule has 0 bridgehead atoms. The van der Waals surface area contributed by atoms with Gasteiger partial charge in [0.25, 0.3) is 0 Å². The zero-order valence-electron chi connectivity index (χ0n) is 19.0. The average Bonchev–Trinajstić information content (AvgIpc) is 2.87. The molecule has 0 N–H and O–H groups in total. The Balaban J connectivity index is 1.86. The van der Waals surface area contributed by atoms with E-state index in [1.54, 1.807) is 0 Å². The normalized spacial score (nSPS) is 16.2. The van der Waals surface area contributed by atoms with Gasteiger partial charge in [0.2, 0.25) is 0 Å². The van der Waals surface area contributed by atoms with Gasteiger partial charge in [0, 0.05) is 5.92 Å². The zero-order chi connectivity index (χ0) is 22.1. The first-order chi connectivity index (χ1) is 15.8. The van der Waals surface area contributed by atoms with Gasteiger partial charge in [0.1, 0.15) is 0 Å². The van der Waals surface area contributed by atoms with Crippen LogP contribution in [0.1, 0.15) is 57.8 Å². The summed E-state index contributed by atoms with van der Waals surface area (Å²) in [7, 11) is 0. The van der Waals surface area contributed by atoms with Crippen LogP contribution in [0.25, 0.3) is 0 Å². The fourth-order valence-electron chi connectivity index (χ4n) is 5.05. The molecule has 1 aliphatic carbocycles. The second-order valence-corrected chi connectivity index (χ2v) is 12.3. The van der Waals surface area contributed by atoms with E-state index < -0.39 is 6.89 Å². The number of carbonyl (C=O) groups excluding carboxylic acids is 1. The minimum atomic E-state index is -2.20. The maximum Gasteiger partial charge on any atom is 0.159 e. The molecule has 1 fully saturated rings. The van der Waals surface area contributed by atoms with Crippen LogP contribution in [-0.4, -0.2) is 11.6 Å². The van der Waals surface area contributed by atoms with E-state index in [1.165, 1.54) is 60.9 Å². The fraction of sp³-hybridized carbons (Fsp3) is 0.333. The largest absolute Gasteiger partial charge is 0.294 e. The summed E-state index contributed by atoms with van der Waals surface area (Å²) in [5.41, 5.74) is 0. The minimum absolute atomic E-state index is 0.156. The summed E-state index contributed by atoms with van der Waals surface area (Å²) in [6, 6.07) is 32.1. The van der Waals surface area contributed by atoms with E-state index in [-0.39, 0.29) is 5.92 Å². The summed E-state index contributed by atoms with van der Waals surface area (Å²) in [5, 5.41) is 3.77. The van der Waals surface area contributed by atoms with E-state index in [0.717, 1.165) is 12.8 Å². The van der Waals surface area contributed by atoms with E-state index in [9.17, 15) is 4.79 Å². The van der Waals surface area contributed by atoms with Crippen LogP contribution in [0.4, 0.5) is 0 Å². The molecular weight excluding hydrogens is 407 g/mol. The summed E-state index contributed by atoms with van der Waals surface area (Å²) < 4.78 is 0. The number of rotatable bonds is 5. The first kappa shape index (κ1) is 22.8. The minimum Gasteiger partial charge on any atom is -0.294 e. The number of benzene rings is 3. The third-order valence-corrected chi connectivity index (χ3v) is 10.8. The van der Waals surface area contributed by atoms with Crippen molar-refractivity contribution in [2.24, 2.45) is 5.92 Å². The topological polar surface area (TPSA) is 17.1 Å². The predicted molar refractivity (Wildman–Crippen MR) is 141 cm³/mol. The lowest BCUT2D eigenvalue weighted by Gasteiger charge is -2.29. The summed E-state index contributed by atoms with van der Waals surface area (Å²) in [6.45, 7) is -2.20. The highest BCUT2D eigenvalue weighted by Gasteiger charge is 2.28. The van der Waals surface area contributed by atoms with Crippen LogP contribution in [0.15, 0.2) is 91.0 Å². The number of hydrogen-bond donors (Lipinski definition) is 0. The van der Waals surface area contributed by atoms with Crippen molar-refractivity contribution in [1.82, 2.24) is 0 Å². The van der Waals surface area contributed by atoms with Gasteiger partial charge < -0.3 is 0 Å². The highest BCUT2D eigenvalue weighted by Crippen LogP contribution is 2.44. The molecule has 32 heavy (non-hydrogen) atoms. The van der Waals surface area contributed by atoms with Crippen molar-refractivity contribution >= 4 is 34.4 Å². The number of ketones is 1.